The van der Waals surface area contributed by atoms with E-state index in [0.29, 0.717) is 29.0 Å². The molecule has 1 aromatic carbocycles. The zero-order chi connectivity index (χ0) is 14.5. The van der Waals surface area contributed by atoms with Gasteiger partial charge in [0.15, 0.2) is 0 Å². The monoisotopic (exact) mass is 272 g/mol. The van der Waals surface area contributed by atoms with Crippen molar-refractivity contribution in [2.24, 2.45) is 10.8 Å². The molecular weight excluding hydrogens is 244 g/mol. The molecule has 1 N–H and O–H groups in total. The van der Waals surface area contributed by atoms with Gasteiger partial charge in [0.05, 0.1) is 0 Å². The Bertz CT molecular complexity index is 463. The van der Waals surface area contributed by atoms with Crippen molar-refractivity contribution >= 4 is 0 Å². The molecule has 3 rings (SSSR count). The molecule has 1 aliphatic carbocycles. The molecule has 0 aromatic heterocycles. The summed E-state index contributed by atoms with van der Waals surface area (Å²) in [5.41, 5.74) is 2.28. The molecule has 110 valence electrons. The number of hydrogen-bond acceptors (Lipinski definition) is 2. The second kappa shape index (κ2) is 4.57. The third-order valence-corrected chi connectivity index (χ3v) is 6.10. The molecule has 0 amide bonds. The fraction of sp³-hybridized carbons (Fsp3) is 0.667. The van der Waals surface area contributed by atoms with Crippen molar-refractivity contribution in [2.45, 2.75) is 52.7 Å². The van der Waals surface area contributed by atoms with E-state index in [4.69, 9.17) is 0 Å². The Balaban J connectivity index is 1.79. The minimum Gasteiger partial charge on any atom is -0.307 e. The lowest BCUT2D eigenvalue weighted by Crippen LogP contribution is -2.53. The van der Waals surface area contributed by atoms with Crippen LogP contribution in [0.2, 0.25) is 0 Å². The van der Waals surface area contributed by atoms with E-state index in [0.717, 1.165) is 13.1 Å². The standard InChI is InChI=1S/C18H28N2/c1-13-11-19-15(14-9-7-6-8-10-14)12-20(13)16-17(2,3)18(16,4)5/h6-10,13,15-16,19H,11-12H2,1-5H3. The molecular formula is C18H28N2. The van der Waals surface area contributed by atoms with Gasteiger partial charge in [0, 0.05) is 31.2 Å². The van der Waals surface area contributed by atoms with Crippen LogP contribution in [-0.4, -0.2) is 30.1 Å². The Morgan fingerprint density at radius 2 is 1.65 bits per heavy atom. The average Bonchev–Trinajstić information content (AvgIpc) is 2.82. The molecule has 1 aromatic rings. The molecule has 2 fully saturated rings. The second-order valence-electron chi connectivity index (χ2n) is 7.76. The van der Waals surface area contributed by atoms with Crippen LogP contribution in [0.5, 0.6) is 0 Å². The van der Waals surface area contributed by atoms with Crippen molar-refractivity contribution in [3.63, 3.8) is 0 Å². The van der Waals surface area contributed by atoms with E-state index < -0.39 is 0 Å². The minimum absolute atomic E-state index is 0.430. The largest absolute Gasteiger partial charge is 0.307 e. The first-order valence-electron chi connectivity index (χ1n) is 7.90. The number of rotatable bonds is 2. The van der Waals surface area contributed by atoms with Crippen LogP contribution in [0.15, 0.2) is 30.3 Å². The Labute approximate surface area is 123 Å². The van der Waals surface area contributed by atoms with Crippen molar-refractivity contribution in [3.05, 3.63) is 35.9 Å². The number of benzene rings is 1. The summed E-state index contributed by atoms with van der Waals surface area (Å²) in [6.45, 7) is 14.3. The topological polar surface area (TPSA) is 15.3 Å². The van der Waals surface area contributed by atoms with Gasteiger partial charge in [-0.3, -0.25) is 4.90 Å². The highest BCUT2D eigenvalue weighted by Gasteiger charge is 2.67. The van der Waals surface area contributed by atoms with Gasteiger partial charge in [0.1, 0.15) is 0 Å². The summed E-state index contributed by atoms with van der Waals surface area (Å²) in [5, 5.41) is 3.71. The zero-order valence-corrected chi connectivity index (χ0v) is 13.5. The molecule has 2 aliphatic rings. The summed E-state index contributed by atoms with van der Waals surface area (Å²) in [7, 11) is 0. The summed E-state index contributed by atoms with van der Waals surface area (Å²) < 4.78 is 0. The Morgan fingerprint density at radius 1 is 1.05 bits per heavy atom. The van der Waals surface area contributed by atoms with Crippen molar-refractivity contribution < 1.29 is 0 Å². The lowest BCUT2D eigenvalue weighted by Gasteiger charge is -2.40. The zero-order valence-electron chi connectivity index (χ0n) is 13.5. The highest BCUT2D eigenvalue weighted by atomic mass is 15.3. The van der Waals surface area contributed by atoms with Gasteiger partial charge >= 0.3 is 0 Å². The lowest BCUT2D eigenvalue weighted by molar-refractivity contribution is 0.111. The SMILES string of the molecule is CC1CNC(c2ccccc2)CN1C1C(C)(C)C1(C)C. The molecule has 2 unspecified atom stereocenters. The van der Waals surface area contributed by atoms with Crippen LogP contribution >= 0.6 is 0 Å². The van der Waals surface area contributed by atoms with Crippen molar-refractivity contribution in [2.75, 3.05) is 13.1 Å². The number of nitrogens with one attached hydrogen (secondary N) is 1. The summed E-state index contributed by atoms with van der Waals surface area (Å²) >= 11 is 0. The van der Waals surface area contributed by atoms with E-state index in [1.807, 2.05) is 0 Å². The van der Waals surface area contributed by atoms with Gasteiger partial charge in [-0.15, -0.1) is 0 Å². The van der Waals surface area contributed by atoms with E-state index in [1.54, 1.807) is 0 Å². The maximum absolute atomic E-state index is 3.71. The highest BCUT2D eigenvalue weighted by Crippen LogP contribution is 2.65. The smallest absolute Gasteiger partial charge is 0.0450 e. The van der Waals surface area contributed by atoms with E-state index in [1.165, 1.54) is 5.56 Å². The maximum Gasteiger partial charge on any atom is 0.0450 e. The van der Waals surface area contributed by atoms with Crippen LogP contribution in [0.3, 0.4) is 0 Å². The molecule has 0 radical (unpaired) electrons. The number of nitrogens with zero attached hydrogens (tertiary/aromatic N) is 1. The first kappa shape index (κ1) is 14.1. The highest BCUT2D eigenvalue weighted by molar-refractivity contribution is 5.23. The third-order valence-electron chi connectivity index (χ3n) is 6.10. The first-order valence-corrected chi connectivity index (χ1v) is 7.90. The predicted molar refractivity (Wildman–Crippen MR) is 84.7 cm³/mol. The first-order chi connectivity index (χ1) is 9.35. The van der Waals surface area contributed by atoms with E-state index in [-0.39, 0.29) is 0 Å². The minimum atomic E-state index is 0.430. The average molecular weight is 272 g/mol. The molecule has 0 bridgehead atoms. The fourth-order valence-electron chi connectivity index (χ4n) is 4.14. The van der Waals surface area contributed by atoms with Crippen molar-refractivity contribution in [1.29, 1.82) is 0 Å². The molecule has 2 nitrogen and oxygen atoms in total. The van der Waals surface area contributed by atoms with Crippen molar-refractivity contribution in [3.8, 4) is 0 Å². The summed E-state index contributed by atoms with van der Waals surface area (Å²) in [5.74, 6) is 0. The van der Waals surface area contributed by atoms with Gasteiger partial charge in [0.2, 0.25) is 0 Å². The molecule has 20 heavy (non-hydrogen) atoms. The predicted octanol–water partition coefficient (Wildman–Crippen LogP) is 3.46. The van der Waals surface area contributed by atoms with Crippen LogP contribution in [0.4, 0.5) is 0 Å². The lowest BCUT2D eigenvalue weighted by atomic mass is 10.0. The molecule has 0 spiro atoms. The van der Waals surface area contributed by atoms with Crippen molar-refractivity contribution in [1.82, 2.24) is 10.2 Å². The summed E-state index contributed by atoms with van der Waals surface area (Å²) in [6, 6.07) is 12.7. The van der Waals surface area contributed by atoms with Crippen LogP contribution < -0.4 is 5.32 Å². The summed E-state index contributed by atoms with van der Waals surface area (Å²) in [6.07, 6.45) is 0. The molecule has 1 saturated carbocycles. The van der Waals surface area contributed by atoms with Gasteiger partial charge in [-0.05, 0) is 23.3 Å². The Hall–Kier alpha value is -0.860. The molecule has 2 atom stereocenters. The summed E-state index contributed by atoms with van der Waals surface area (Å²) in [4.78, 5) is 2.74. The maximum atomic E-state index is 3.71. The normalized spacial score (nSPS) is 33.0. The third kappa shape index (κ3) is 2.01. The van der Waals surface area contributed by atoms with Crippen LogP contribution in [0.25, 0.3) is 0 Å². The molecule has 1 heterocycles. The second-order valence-corrected chi connectivity index (χ2v) is 7.76. The van der Waals surface area contributed by atoms with E-state index >= 15 is 0 Å². The Kier molecular flexibility index (Phi) is 3.22. The number of hydrogen-bond donors (Lipinski definition) is 1. The van der Waals surface area contributed by atoms with Crippen LogP contribution in [-0.2, 0) is 0 Å². The van der Waals surface area contributed by atoms with E-state index in [9.17, 15) is 0 Å². The van der Waals surface area contributed by atoms with Crippen LogP contribution in [0.1, 0.15) is 46.2 Å². The molecule has 1 aliphatic heterocycles. The number of piperazine rings is 1. The van der Waals surface area contributed by atoms with Gasteiger partial charge in [-0.2, -0.15) is 0 Å². The molecule has 2 heteroatoms. The van der Waals surface area contributed by atoms with Gasteiger partial charge in [0.25, 0.3) is 0 Å². The van der Waals surface area contributed by atoms with Gasteiger partial charge < -0.3 is 5.32 Å². The van der Waals surface area contributed by atoms with Gasteiger partial charge in [-0.1, -0.05) is 58.0 Å². The van der Waals surface area contributed by atoms with Gasteiger partial charge in [-0.25, -0.2) is 0 Å². The van der Waals surface area contributed by atoms with Crippen LogP contribution in [0, 0.1) is 10.8 Å². The fourth-order valence-corrected chi connectivity index (χ4v) is 4.14. The van der Waals surface area contributed by atoms with E-state index in [2.05, 4.69) is 75.2 Å². The quantitative estimate of drug-likeness (QED) is 0.887. The Morgan fingerprint density at radius 3 is 2.20 bits per heavy atom. The molecule has 1 saturated heterocycles.